The highest BCUT2D eigenvalue weighted by Crippen LogP contribution is 2.14. The molecule has 0 aliphatic heterocycles. The molecule has 2 heterocycles. The highest BCUT2D eigenvalue weighted by atomic mass is 16.5. The summed E-state index contributed by atoms with van der Waals surface area (Å²) in [7, 11) is 1.59. The van der Waals surface area contributed by atoms with Crippen molar-refractivity contribution in [3.63, 3.8) is 0 Å². The van der Waals surface area contributed by atoms with Crippen LogP contribution in [0.3, 0.4) is 0 Å². The molecule has 0 fully saturated rings. The quantitative estimate of drug-likeness (QED) is 0.776. The maximum Gasteiger partial charge on any atom is 0.316 e. The van der Waals surface area contributed by atoms with E-state index in [1.54, 1.807) is 31.6 Å². The van der Waals surface area contributed by atoms with Gasteiger partial charge in [0.15, 0.2) is 0 Å². The Kier molecular flexibility index (Phi) is 4.28. The summed E-state index contributed by atoms with van der Waals surface area (Å²) in [5.41, 5.74) is 1.59. The zero-order valence-electron chi connectivity index (χ0n) is 12.4. The summed E-state index contributed by atoms with van der Waals surface area (Å²) in [5, 5.41) is 6.51. The fourth-order valence-electron chi connectivity index (χ4n) is 1.97. The monoisotopic (exact) mass is 310 g/mol. The molecule has 0 aliphatic rings. The second-order valence-corrected chi connectivity index (χ2v) is 4.70. The lowest BCUT2D eigenvalue weighted by Crippen LogP contribution is -2.23. The van der Waals surface area contributed by atoms with Gasteiger partial charge in [0.05, 0.1) is 7.11 Å². The van der Waals surface area contributed by atoms with Gasteiger partial charge in [-0.2, -0.15) is 4.98 Å². The first-order chi connectivity index (χ1) is 11.3. The Balaban J connectivity index is 1.66. The molecular weight excluding hydrogens is 296 g/mol. The Hall–Kier alpha value is -3.22. The number of amides is 1. The predicted octanol–water partition coefficient (Wildman–Crippen LogP) is 2.07. The normalized spacial score (nSPS) is 10.3. The molecule has 2 aromatic heterocycles. The van der Waals surface area contributed by atoms with Crippen LogP contribution in [0.25, 0.3) is 11.4 Å². The Labute approximate surface area is 132 Å². The number of nitrogens with one attached hydrogen (secondary N) is 1. The average Bonchev–Trinajstić information content (AvgIpc) is 3.11. The lowest BCUT2D eigenvalue weighted by molar-refractivity contribution is 0.0907. The Bertz CT molecular complexity index is 802. The van der Waals surface area contributed by atoms with Gasteiger partial charge in [-0.15, -0.1) is 0 Å². The number of pyridine rings is 1. The second-order valence-electron chi connectivity index (χ2n) is 4.70. The molecule has 1 N–H and O–H groups in total. The molecule has 0 unspecified atom stereocenters. The predicted molar refractivity (Wildman–Crippen MR) is 81.7 cm³/mol. The van der Waals surface area contributed by atoms with Crippen LogP contribution in [0.5, 0.6) is 5.75 Å². The lowest BCUT2D eigenvalue weighted by atomic mass is 10.2. The van der Waals surface area contributed by atoms with Gasteiger partial charge in [0.1, 0.15) is 5.75 Å². The van der Waals surface area contributed by atoms with Gasteiger partial charge in [-0.25, -0.2) is 0 Å². The number of hydrogen-bond acceptors (Lipinski definition) is 6. The van der Waals surface area contributed by atoms with Crippen molar-refractivity contribution >= 4 is 5.91 Å². The van der Waals surface area contributed by atoms with Crippen molar-refractivity contribution in [1.82, 2.24) is 20.4 Å². The summed E-state index contributed by atoms with van der Waals surface area (Å²) in [6.07, 6.45) is 3.24. The summed E-state index contributed by atoms with van der Waals surface area (Å²) in [5.74, 6) is 0.528. The number of aromatic nitrogens is 3. The largest absolute Gasteiger partial charge is 0.497 e. The molecular formula is C16H14N4O3. The highest BCUT2D eigenvalue weighted by Gasteiger charge is 2.15. The number of methoxy groups -OCH3 is 1. The van der Waals surface area contributed by atoms with Gasteiger partial charge in [-0.3, -0.25) is 9.78 Å². The summed E-state index contributed by atoms with van der Waals surface area (Å²) in [6.45, 7) is 0.334. The zero-order chi connectivity index (χ0) is 16.1. The van der Waals surface area contributed by atoms with Crippen LogP contribution in [0, 0.1) is 0 Å². The van der Waals surface area contributed by atoms with Gasteiger partial charge >= 0.3 is 11.8 Å². The molecule has 1 amide bonds. The Morgan fingerprint density at radius 3 is 3.00 bits per heavy atom. The number of carbonyl (C=O) groups excluding carboxylic acids is 1. The van der Waals surface area contributed by atoms with Crippen LogP contribution in [-0.2, 0) is 6.54 Å². The van der Waals surface area contributed by atoms with E-state index in [4.69, 9.17) is 9.26 Å². The Morgan fingerprint density at radius 1 is 1.30 bits per heavy atom. The first-order valence-corrected chi connectivity index (χ1v) is 6.91. The van der Waals surface area contributed by atoms with Crippen molar-refractivity contribution in [2.24, 2.45) is 0 Å². The SMILES string of the molecule is COc1cccc(CNC(=O)c2nc(-c3cccnc3)no2)c1. The molecule has 23 heavy (non-hydrogen) atoms. The van der Waals surface area contributed by atoms with E-state index in [2.05, 4.69) is 20.4 Å². The topological polar surface area (TPSA) is 90.1 Å². The van der Waals surface area contributed by atoms with E-state index in [9.17, 15) is 4.79 Å². The van der Waals surface area contributed by atoms with Crippen molar-refractivity contribution < 1.29 is 14.1 Å². The number of rotatable bonds is 5. The van der Waals surface area contributed by atoms with Crippen molar-refractivity contribution in [1.29, 1.82) is 0 Å². The Morgan fingerprint density at radius 2 is 2.22 bits per heavy atom. The summed E-state index contributed by atoms with van der Waals surface area (Å²) in [4.78, 5) is 20.1. The van der Waals surface area contributed by atoms with Crippen molar-refractivity contribution in [3.05, 3.63) is 60.2 Å². The summed E-state index contributed by atoms with van der Waals surface area (Å²) >= 11 is 0. The number of hydrogen-bond donors (Lipinski definition) is 1. The lowest BCUT2D eigenvalue weighted by Gasteiger charge is -2.04. The molecule has 0 radical (unpaired) electrons. The third-order valence-electron chi connectivity index (χ3n) is 3.13. The first kappa shape index (κ1) is 14.7. The average molecular weight is 310 g/mol. The number of benzene rings is 1. The molecule has 116 valence electrons. The zero-order valence-corrected chi connectivity index (χ0v) is 12.4. The van der Waals surface area contributed by atoms with E-state index in [0.29, 0.717) is 17.9 Å². The maximum atomic E-state index is 12.1. The third kappa shape index (κ3) is 3.52. The van der Waals surface area contributed by atoms with E-state index in [-0.39, 0.29) is 5.89 Å². The molecule has 0 saturated heterocycles. The fourth-order valence-corrected chi connectivity index (χ4v) is 1.97. The minimum Gasteiger partial charge on any atom is -0.497 e. The minimum absolute atomic E-state index is 0.0910. The molecule has 0 spiro atoms. The van der Waals surface area contributed by atoms with Gasteiger partial charge in [0.25, 0.3) is 0 Å². The van der Waals surface area contributed by atoms with Crippen molar-refractivity contribution in [2.45, 2.75) is 6.54 Å². The molecule has 7 nitrogen and oxygen atoms in total. The second kappa shape index (κ2) is 6.69. The van der Waals surface area contributed by atoms with Crippen LogP contribution >= 0.6 is 0 Å². The van der Waals surface area contributed by atoms with E-state index >= 15 is 0 Å². The van der Waals surface area contributed by atoms with Gasteiger partial charge in [-0.05, 0) is 29.8 Å². The summed E-state index contributed by atoms with van der Waals surface area (Å²) in [6, 6.07) is 11.0. The third-order valence-corrected chi connectivity index (χ3v) is 3.13. The number of carbonyl (C=O) groups is 1. The van der Waals surface area contributed by atoms with Gasteiger partial charge in [0, 0.05) is 24.5 Å². The maximum absolute atomic E-state index is 12.1. The first-order valence-electron chi connectivity index (χ1n) is 6.91. The molecule has 3 rings (SSSR count). The number of ether oxygens (including phenoxy) is 1. The minimum atomic E-state index is -0.435. The molecule has 0 bridgehead atoms. The molecule has 3 aromatic rings. The van der Waals surface area contributed by atoms with Crippen LogP contribution < -0.4 is 10.1 Å². The van der Waals surface area contributed by atoms with E-state index < -0.39 is 5.91 Å². The van der Waals surface area contributed by atoms with E-state index in [0.717, 1.165) is 11.3 Å². The number of nitrogens with zero attached hydrogens (tertiary/aromatic N) is 3. The summed E-state index contributed by atoms with van der Waals surface area (Å²) < 4.78 is 10.1. The molecule has 7 heteroatoms. The van der Waals surface area contributed by atoms with Gasteiger partial charge in [-0.1, -0.05) is 17.3 Å². The van der Waals surface area contributed by atoms with Crippen LogP contribution in [0.4, 0.5) is 0 Å². The van der Waals surface area contributed by atoms with Crippen LogP contribution in [0.2, 0.25) is 0 Å². The molecule has 0 saturated carbocycles. The van der Waals surface area contributed by atoms with Crippen LogP contribution in [0.1, 0.15) is 16.2 Å². The highest BCUT2D eigenvalue weighted by molar-refractivity contribution is 5.89. The van der Waals surface area contributed by atoms with Crippen molar-refractivity contribution in [2.75, 3.05) is 7.11 Å². The van der Waals surface area contributed by atoms with Crippen molar-refractivity contribution in [3.8, 4) is 17.1 Å². The standard InChI is InChI=1S/C16H14N4O3/c1-22-13-6-2-4-11(8-13)9-18-15(21)16-19-14(20-23-16)12-5-3-7-17-10-12/h2-8,10H,9H2,1H3,(H,18,21). The van der Waals surface area contributed by atoms with E-state index in [1.165, 1.54) is 0 Å². The fraction of sp³-hybridized carbons (Fsp3) is 0.125. The van der Waals surface area contributed by atoms with E-state index in [1.807, 2.05) is 24.3 Å². The van der Waals surface area contributed by atoms with Gasteiger partial charge < -0.3 is 14.6 Å². The molecule has 0 aliphatic carbocycles. The smallest absolute Gasteiger partial charge is 0.316 e. The molecule has 0 atom stereocenters. The van der Waals surface area contributed by atoms with Gasteiger partial charge in [0.2, 0.25) is 5.82 Å². The molecule has 1 aromatic carbocycles. The van der Waals surface area contributed by atoms with Crippen LogP contribution in [0.15, 0.2) is 53.3 Å². The van der Waals surface area contributed by atoms with Crippen LogP contribution in [-0.4, -0.2) is 28.1 Å².